The van der Waals surface area contributed by atoms with Crippen LogP contribution in [-0.2, 0) is 6.61 Å². The highest BCUT2D eigenvalue weighted by Crippen LogP contribution is 2.32. The Bertz CT molecular complexity index is 1470. The number of rotatable bonds is 8. The van der Waals surface area contributed by atoms with Gasteiger partial charge in [0.05, 0.1) is 24.9 Å². The molecule has 0 amide bonds. The highest BCUT2D eigenvalue weighted by atomic mass is 16.5. The number of aromatic carboxylic acids is 1. The molecular weight excluding hydrogens is 536 g/mol. The first kappa shape index (κ1) is 29.9. The fourth-order valence-electron chi connectivity index (χ4n) is 5.87. The zero-order chi connectivity index (χ0) is 29.6. The van der Waals surface area contributed by atoms with Gasteiger partial charge in [-0.2, -0.15) is 0 Å². The standard InChI is InChI=1S/C19H15NO5.C13H27N3O/c1-23-16-6-3-7-17-18(16)11(10-25-17)9-24-15-5-2-4-13-12(15)8-14(20-13)19(21)22;1-11(16-8-4-13(17)5-9-16)10-15-6-2-12(14)3-7-15/h2-8,10,20H,9H2,1H3,(H,21,22);11-13,17H,2-10,14H2,1H3/t;11-/m.0/s1. The van der Waals surface area contributed by atoms with E-state index in [0.29, 0.717) is 23.3 Å². The van der Waals surface area contributed by atoms with E-state index in [1.54, 1.807) is 25.5 Å². The molecule has 0 radical (unpaired) electrons. The van der Waals surface area contributed by atoms with Gasteiger partial charge in [0.25, 0.3) is 0 Å². The van der Waals surface area contributed by atoms with E-state index in [4.69, 9.17) is 24.7 Å². The maximum atomic E-state index is 11.1. The van der Waals surface area contributed by atoms with Gasteiger partial charge in [-0.25, -0.2) is 4.79 Å². The molecular formula is C32H42N4O6. The predicted molar refractivity (Wildman–Crippen MR) is 162 cm³/mol. The van der Waals surface area contributed by atoms with E-state index in [-0.39, 0.29) is 18.4 Å². The molecule has 2 saturated heterocycles. The normalized spacial score (nSPS) is 18.1. The van der Waals surface area contributed by atoms with Crippen molar-refractivity contribution in [1.29, 1.82) is 0 Å². The summed E-state index contributed by atoms with van der Waals surface area (Å²) in [6.07, 6.45) is 5.75. The summed E-state index contributed by atoms with van der Waals surface area (Å²) in [6, 6.07) is 13.6. The van der Waals surface area contributed by atoms with Gasteiger partial charge < -0.3 is 39.7 Å². The summed E-state index contributed by atoms with van der Waals surface area (Å²) < 4.78 is 16.9. The van der Waals surface area contributed by atoms with Crippen molar-refractivity contribution < 1.29 is 28.9 Å². The fourth-order valence-corrected chi connectivity index (χ4v) is 5.87. The molecule has 1 atom stereocenters. The lowest BCUT2D eigenvalue weighted by Crippen LogP contribution is -2.49. The number of hydrogen-bond donors (Lipinski definition) is 4. The molecule has 10 heteroatoms. The van der Waals surface area contributed by atoms with Crippen molar-refractivity contribution in [2.45, 2.75) is 57.4 Å². The van der Waals surface area contributed by atoms with Crippen molar-refractivity contribution in [3.05, 3.63) is 60.0 Å². The van der Waals surface area contributed by atoms with Gasteiger partial charge in [-0.1, -0.05) is 12.1 Å². The van der Waals surface area contributed by atoms with Gasteiger partial charge in [0.2, 0.25) is 0 Å². The summed E-state index contributed by atoms with van der Waals surface area (Å²) in [6.45, 7) is 8.16. The van der Waals surface area contributed by atoms with E-state index in [0.717, 1.165) is 86.1 Å². The molecule has 2 aliphatic rings. The molecule has 0 aliphatic carbocycles. The molecule has 2 fully saturated rings. The number of methoxy groups -OCH3 is 1. The number of nitrogens with two attached hydrogens (primary N) is 1. The molecule has 42 heavy (non-hydrogen) atoms. The number of aromatic nitrogens is 1. The number of aliphatic hydroxyl groups excluding tert-OH is 1. The van der Waals surface area contributed by atoms with E-state index >= 15 is 0 Å². The van der Waals surface area contributed by atoms with Crippen molar-refractivity contribution in [3.63, 3.8) is 0 Å². The van der Waals surface area contributed by atoms with Crippen molar-refractivity contribution in [1.82, 2.24) is 14.8 Å². The molecule has 226 valence electrons. The number of nitrogens with zero attached hydrogens (tertiary/aromatic N) is 2. The molecule has 2 aliphatic heterocycles. The number of carboxylic acids is 1. The number of nitrogens with one attached hydrogen (secondary N) is 1. The monoisotopic (exact) mass is 578 g/mol. The second-order valence-corrected chi connectivity index (χ2v) is 11.3. The summed E-state index contributed by atoms with van der Waals surface area (Å²) in [5.74, 6) is 0.316. The van der Waals surface area contributed by atoms with Crippen LogP contribution in [0.1, 0.15) is 48.7 Å². The van der Waals surface area contributed by atoms with E-state index in [1.165, 1.54) is 0 Å². The van der Waals surface area contributed by atoms with Crippen LogP contribution >= 0.6 is 0 Å². The number of hydrogen-bond acceptors (Lipinski definition) is 8. The number of H-pyrrole nitrogens is 1. The molecule has 0 bridgehead atoms. The Morgan fingerprint density at radius 2 is 1.81 bits per heavy atom. The van der Waals surface area contributed by atoms with Crippen LogP contribution in [0.15, 0.2) is 53.1 Å². The number of benzene rings is 2. The lowest BCUT2D eigenvalue weighted by atomic mass is 10.0. The van der Waals surface area contributed by atoms with Crippen LogP contribution in [0.5, 0.6) is 11.5 Å². The molecule has 0 unspecified atom stereocenters. The average Bonchev–Trinajstić information content (AvgIpc) is 3.63. The third-order valence-corrected chi connectivity index (χ3v) is 8.37. The molecule has 0 spiro atoms. The van der Waals surface area contributed by atoms with Gasteiger partial charge in [-0.05, 0) is 76.0 Å². The van der Waals surface area contributed by atoms with E-state index in [9.17, 15) is 9.90 Å². The SMILES string of the molecule is COc1cccc2occ(COc3cccc4[nH]c(C(=O)O)cc34)c12.C[C@@H](CN1CCC(N)CC1)N1CCC(O)CC1. The van der Waals surface area contributed by atoms with Crippen LogP contribution in [0, 0.1) is 0 Å². The first-order valence-electron chi connectivity index (χ1n) is 14.7. The largest absolute Gasteiger partial charge is 0.496 e. The number of likely N-dealkylation sites (tertiary alicyclic amines) is 2. The van der Waals surface area contributed by atoms with Gasteiger partial charge in [0.15, 0.2) is 0 Å². The minimum absolute atomic E-state index is 0.0635. The van der Waals surface area contributed by atoms with Crippen LogP contribution in [-0.4, -0.2) is 89.0 Å². The number of ether oxygens (including phenoxy) is 2. The molecule has 0 saturated carbocycles. The van der Waals surface area contributed by atoms with E-state index in [1.807, 2.05) is 30.3 Å². The first-order chi connectivity index (χ1) is 20.3. The summed E-state index contributed by atoms with van der Waals surface area (Å²) in [5, 5.41) is 20.2. The highest BCUT2D eigenvalue weighted by molar-refractivity contribution is 5.96. The molecule has 2 aromatic heterocycles. The van der Waals surface area contributed by atoms with E-state index in [2.05, 4.69) is 21.7 Å². The lowest BCUT2D eigenvalue weighted by Gasteiger charge is -2.38. The Labute approximate surface area is 246 Å². The number of piperidine rings is 2. The third kappa shape index (κ3) is 7.07. The molecule has 10 nitrogen and oxygen atoms in total. The lowest BCUT2D eigenvalue weighted by molar-refractivity contribution is 0.0507. The van der Waals surface area contributed by atoms with Crippen molar-refractivity contribution in [2.24, 2.45) is 5.73 Å². The first-order valence-corrected chi connectivity index (χ1v) is 14.7. The Hall–Kier alpha value is -3.57. The quantitative estimate of drug-likeness (QED) is 0.239. The van der Waals surface area contributed by atoms with Gasteiger partial charge in [-0.15, -0.1) is 0 Å². The number of aromatic amines is 1. The average molecular weight is 579 g/mol. The summed E-state index contributed by atoms with van der Waals surface area (Å²) >= 11 is 0. The molecule has 4 heterocycles. The summed E-state index contributed by atoms with van der Waals surface area (Å²) in [5.41, 5.74) is 8.35. The van der Waals surface area contributed by atoms with Crippen LogP contribution in [0.4, 0.5) is 0 Å². The highest BCUT2D eigenvalue weighted by Gasteiger charge is 2.24. The Kier molecular flexibility index (Phi) is 9.69. The van der Waals surface area contributed by atoms with Crippen LogP contribution < -0.4 is 15.2 Å². The zero-order valence-corrected chi connectivity index (χ0v) is 24.4. The Morgan fingerprint density at radius 1 is 1.10 bits per heavy atom. The number of furan rings is 1. The second kappa shape index (κ2) is 13.6. The van der Waals surface area contributed by atoms with E-state index < -0.39 is 5.97 Å². The number of fused-ring (bicyclic) bond motifs is 2. The van der Waals surface area contributed by atoms with Gasteiger partial charge >= 0.3 is 5.97 Å². The second-order valence-electron chi connectivity index (χ2n) is 11.3. The minimum atomic E-state index is -1.01. The van der Waals surface area contributed by atoms with Crippen molar-refractivity contribution in [2.75, 3.05) is 39.8 Å². The molecule has 4 aromatic rings. The third-order valence-electron chi connectivity index (χ3n) is 8.37. The number of carbonyl (C=O) groups is 1. The van der Waals surface area contributed by atoms with Gasteiger partial charge in [0, 0.05) is 48.2 Å². The maximum absolute atomic E-state index is 11.1. The fraction of sp³-hybridized carbons (Fsp3) is 0.469. The molecule has 2 aromatic carbocycles. The van der Waals surface area contributed by atoms with Crippen LogP contribution in [0.2, 0.25) is 0 Å². The minimum Gasteiger partial charge on any atom is -0.496 e. The predicted octanol–water partition coefficient (Wildman–Crippen LogP) is 4.45. The zero-order valence-electron chi connectivity index (χ0n) is 24.4. The Morgan fingerprint density at radius 3 is 2.52 bits per heavy atom. The summed E-state index contributed by atoms with van der Waals surface area (Å²) in [4.78, 5) is 19.1. The smallest absolute Gasteiger partial charge is 0.352 e. The van der Waals surface area contributed by atoms with Crippen LogP contribution in [0.3, 0.4) is 0 Å². The van der Waals surface area contributed by atoms with Crippen LogP contribution in [0.25, 0.3) is 21.9 Å². The van der Waals surface area contributed by atoms with Crippen molar-refractivity contribution in [3.8, 4) is 11.5 Å². The maximum Gasteiger partial charge on any atom is 0.352 e. The molecule has 6 rings (SSSR count). The van der Waals surface area contributed by atoms with Crippen molar-refractivity contribution >= 4 is 27.8 Å². The molecule has 5 N–H and O–H groups in total. The number of carboxylic acid groups (broad SMARTS) is 1. The Balaban J connectivity index is 0.000000181. The van der Waals surface area contributed by atoms with Gasteiger partial charge in [0.1, 0.15) is 29.4 Å². The number of aliphatic hydroxyl groups is 1. The van der Waals surface area contributed by atoms with Gasteiger partial charge in [-0.3, -0.25) is 4.90 Å². The topological polar surface area (TPSA) is 137 Å². The summed E-state index contributed by atoms with van der Waals surface area (Å²) in [7, 11) is 1.61.